The smallest absolute Gasteiger partial charge is 0.243 e. The zero-order chi connectivity index (χ0) is 22.4. The van der Waals surface area contributed by atoms with E-state index in [1.54, 1.807) is 42.5 Å². The number of carbonyl (C=O) groups is 1. The number of carbonyl (C=O) groups excluding carboxylic acids is 1. The summed E-state index contributed by atoms with van der Waals surface area (Å²) in [5.41, 5.74) is 0.785. The quantitative estimate of drug-likeness (QED) is 0.667. The lowest BCUT2D eigenvalue weighted by atomic mass is 9.98. The highest BCUT2D eigenvalue weighted by molar-refractivity contribution is 7.89. The van der Waals surface area contributed by atoms with E-state index in [1.165, 1.54) is 25.6 Å². The van der Waals surface area contributed by atoms with Crippen molar-refractivity contribution in [2.45, 2.75) is 24.3 Å². The zero-order valence-corrected chi connectivity index (χ0v) is 18.8. The molecule has 0 saturated carbocycles. The summed E-state index contributed by atoms with van der Waals surface area (Å²) in [6, 6.07) is 11.8. The molecule has 2 aromatic carbocycles. The van der Waals surface area contributed by atoms with Crippen molar-refractivity contribution in [3.63, 3.8) is 0 Å². The minimum Gasteiger partial charge on any atom is -0.493 e. The number of hydrogen-bond acceptors (Lipinski definition) is 6. The standard InChI is InChI=1S/C22H28N2O6S/c1-28-19-12-16(13-20(29-2)21(19)30-3)14-23-22(25)17-8-7-11-24(15-17)31(26,27)18-9-5-4-6-10-18/h4-6,9-10,12-13,17H,7-8,11,14-15H2,1-3H3,(H,23,25)/t17-/m1/s1. The highest BCUT2D eigenvalue weighted by Crippen LogP contribution is 2.38. The van der Waals surface area contributed by atoms with Crippen molar-refractivity contribution < 1.29 is 27.4 Å². The third-order valence-electron chi connectivity index (χ3n) is 5.33. The number of nitrogens with zero attached hydrogens (tertiary/aromatic N) is 1. The molecule has 2 aromatic rings. The second-order valence-corrected chi connectivity index (χ2v) is 9.20. The van der Waals surface area contributed by atoms with Crippen LogP contribution in [-0.2, 0) is 21.4 Å². The summed E-state index contributed by atoms with van der Waals surface area (Å²) < 4.78 is 43.2. The molecule has 1 aliphatic rings. The van der Waals surface area contributed by atoms with E-state index in [4.69, 9.17) is 14.2 Å². The Hall–Kier alpha value is -2.78. The van der Waals surface area contributed by atoms with Gasteiger partial charge in [0.1, 0.15) is 0 Å². The molecule has 168 valence electrons. The number of rotatable bonds is 8. The monoisotopic (exact) mass is 448 g/mol. The molecular weight excluding hydrogens is 420 g/mol. The van der Waals surface area contributed by atoms with Crippen LogP contribution in [0.25, 0.3) is 0 Å². The predicted molar refractivity (Wildman–Crippen MR) is 116 cm³/mol. The first-order chi connectivity index (χ1) is 14.9. The van der Waals surface area contributed by atoms with Crippen molar-refractivity contribution in [1.82, 2.24) is 9.62 Å². The summed E-state index contributed by atoms with van der Waals surface area (Å²) in [6.07, 6.45) is 1.27. The number of amides is 1. The van der Waals surface area contributed by atoms with E-state index in [-0.39, 0.29) is 23.9 Å². The lowest BCUT2D eigenvalue weighted by Gasteiger charge is -2.31. The molecule has 1 aliphatic heterocycles. The van der Waals surface area contributed by atoms with Gasteiger partial charge in [-0.2, -0.15) is 4.31 Å². The van der Waals surface area contributed by atoms with Gasteiger partial charge < -0.3 is 19.5 Å². The summed E-state index contributed by atoms with van der Waals surface area (Å²) in [5, 5.41) is 2.91. The van der Waals surface area contributed by atoms with Crippen molar-refractivity contribution in [1.29, 1.82) is 0 Å². The summed E-state index contributed by atoms with van der Waals surface area (Å²) in [7, 11) is 0.975. The molecule has 0 aromatic heterocycles. The average Bonchev–Trinajstić information content (AvgIpc) is 2.82. The van der Waals surface area contributed by atoms with Crippen LogP contribution in [0.5, 0.6) is 17.2 Å². The number of hydrogen-bond donors (Lipinski definition) is 1. The summed E-state index contributed by atoms with van der Waals surface area (Å²) in [5.74, 6) is 0.901. The number of nitrogens with one attached hydrogen (secondary N) is 1. The Bertz CT molecular complexity index is 985. The molecule has 1 fully saturated rings. The molecule has 0 aliphatic carbocycles. The van der Waals surface area contributed by atoms with Crippen molar-refractivity contribution in [2.24, 2.45) is 5.92 Å². The van der Waals surface area contributed by atoms with Gasteiger partial charge >= 0.3 is 0 Å². The molecule has 0 bridgehead atoms. The van der Waals surface area contributed by atoms with E-state index < -0.39 is 15.9 Å². The van der Waals surface area contributed by atoms with Gasteiger partial charge in [0.15, 0.2) is 11.5 Å². The summed E-state index contributed by atoms with van der Waals surface area (Å²) >= 11 is 0. The Kier molecular flexibility index (Phi) is 7.40. The Morgan fingerprint density at radius 2 is 1.71 bits per heavy atom. The lowest BCUT2D eigenvalue weighted by molar-refractivity contribution is -0.126. The van der Waals surface area contributed by atoms with Crippen LogP contribution in [0.15, 0.2) is 47.4 Å². The molecule has 1 N–H and O–H groups in total. The van der Waals surface area contributed by atoms with Crippen LogP contribution in [-0.4, -0.2) is 53.0 Å². The van der Waals surface area contributed by atoms with E-state index in [9.17, 15) is 13.2 Å². The molecule has 0 spiro atoms. The third-order valence-corrected chi connectivity index (χ3v) is 7.21. The maximum atomic E-state index is 12.9. The van der Waals surface area contributed by atoms with Crippen molar-refractivity contribution >= 4 is 15.9 Å². The lowest BCUT2D eigenvalue weighted by Crippen LogP contribution is -2.45. The van der Waals surface area contributed by atoms with Gasteiger partial charge in [-0.15, -0.1) is 0 Å². The van der Waals surface area contributed by atoms with Crippen molar-refractivity contribution in [3.8, 4) is 17.2 Å². The first-order valence-electron chi connectivity index (χ1n) is 10.0. The Balaban J connectivity index is 1.67. The highest BCUT2D eigenvalue weighted by atomic mass is 32.2. The largest absolute Gasteiger partial charge is 0.493 e. The van der Waals surface area contributed by atoms with E-state index in [1.807, 2.05) is 0 Å². The fourth-order valence-corrected chi connectivity index (χ4v) is 5.23. The maximum absolute atomic E-state index is 12.9. The molecule has 9 heteroatoms. The molecule has 1 atom stereocenters. The first-order valence-corrected chi connectivity index (χ1v) is 11.5. The number of piperidine rings is 1. The molecule has 31 heavy (non-hydrogen) atoms. The van der Waals surface area contributed by atoms with Gasteiger partial charge in [0.2, 0.25) is 21.7 Å². The Morgan fingerprint density at radius 3 is 2.29 bits per heavy atom. The number of benzene rings is 2. The fourth-order valence-electron chi connectivity index (χ4n) is 3.69. The normalized spacial score (nSPS) is 17.1. The van der Waals surface area contributed by atoms with Crippen LogP contribution >= 0.6 is 0 Å². The minimum absolute atomic E-state index is 0.165. The Labute approximate surface area is 183 Å². The molecule has 3 rings (SSSR count). The van der Waals surface area contributed by atoms with Crippen LogP contribution in [0, 0.1) is 5.92 Å². The summed E-state index contributed by atoms with van der Waals surface area (Å²) in [4.78, 5) is 13.0. The average molecular weight is 449 g/mol. The molecule has 0 radical (unpaired) electrons. The topological polar surface area (TPSA) is 94.2 Å². The van der Waals surface area contributed by atoms with Crippen LogP contribution in [0.1, 0.15) is 18.4 Å². The first kappa shape index (κ1) is 22.9. The molecular formula is C22H28N2O6S. The third kappa shape index (κ3) is 5.11. The maximum Gasteiger partial charge on any atom is 0.243 e. The second-order valence-electron chi connectivity index (χ2n) is 7.27. The van der Waals surface area contributed by atoms with Crippen LogP contribution < -0.4 is 19.5 Å². The highest BCUT2D eigenvalue weighted by Gasteiger charge is 2.33. The summed E-state index contributed by atoms with van der Waals surface area (Å²) in [6.45, 7) is 0.837. The SMILES string of the molecule is COc1cc(CNC(=O)[C@@H]2CCCN(S(=O)(=O)c3ccccc3)C2)cc(OC)c1OC. The molecule has 1 heterocycles. The Morgan fingerprint density at radius 1 is 1.06 bits per heavy atom. The number of ether oxygens (including phenoxy) is 3. The van der Waals surface area contributed by atoms with E-state index >= 15 is 0 Å². The van der Waals surface area contributed by atoms with Crippen LogP contribution in [0.2, 0.25) is 0 Å². The van der Waals surface area contributed by atoms with E-state index in [2.05, 4.69) is 5.32 Å². The minimum atomic E-state index is -3.61. The van der Waals surface area contributed by atoms with Gasteiger partial charge in [-0.25, -0.2) is 8.42 Å². The van der Waals surface area contributed by atoms with Crippen LogP contribution in [0.3, 0.4) is 0 Å². The van der Waals surface area contributed by atoms with Gasteiger partial charge in [0.05, 0.1) is 32.1 Å². The van der Waals surface area contributed by atoms with Gasteiger partial charge in [-0.05, 0) is 42.7 Å². The van der Waals surface area contributed by atoms with Gasteiger partial charge in [-0.3, -0.25) is 4.79 Å². The van der Waals surface area contributed by atoms with E-state index in [0.29, 0.717) is 36.6 Å². The van der Waals surface area contributed by atoms with Gasteiger partial charge in [0.25, 0.3) is 0 Å². The number of sulfonamides is 1. The molecule has 1 saturated heterocycles. The van der Waals surface area contributed by atoms with Gasteiger partial charge in [0, 0.05) is 19.6 Å². The molecule has 1 amide bonds. The molecule has 8 nitrogen and oxygen atoms in total. The molecule has 0 unspecified atom stereocenters. The fraction of sp³-hybridized carbons (Fsp3) is 0.409. The predicted octanol–water partition coefficient (Wildman–Crippen LogP) is 2.43. The zero-order valence-electron chi connectivity index (χ0n) is 18.0. The van der Waals surface area contributed by atoms with E-state index in [0.717, 1.165) is 5.56 Å². The van der Waals surface area contributed by atoms with Gasteiger partial charge in [-0.1, -0.05) is 18.2 Å². The van der Waals surface area contributed by atoms with Crippen molar-refractivity contribution in [2.75, 3.05) is 34.4 Å². The van der Waals surface area contributed by atoms with Crippen LogP contribution in [0.4, 0.5) is 0 Å². The number of methoxy groups -OCH3 is 3. The second kappa shape index (κ2) is 10.0. The van der Waals surface area contributed by atoms with Crippen molar-refractivity contribution in [3.05, 3.63) is 48.0 Å².